The van der Waals surface area contributed by atoms with Crippen molar-refractivity contribution in [2.24, 2.45) is 5.14 Å². The molecule has 0 aliphatic heterocycles. The summed E-state index contributed by atoms with van der Waals surface area (Å²) in [5.41, 5.74) is 0.838. The van der Waals surface area contributed by atoms with Crippen LogP contribution in [0.1, 0.15) is 5.56 Å². The highest BCUT2D eigenvalue weighted by atomic mass is 32.2. The van der Waals surface area contributed by atoms with Gasteiger partial charge in [-0.1, -0.05) is 50.0 Å². The minimum absolute atomic E-state index is 0.0129. The fraction of sp³-hybridized carbons (Fsp3) is 0.391. The molecule has 2 rings (SSSR count). The Kier molecular flexibility index (Phi) is 10.1. The molecule has 0 amide bonds. The normalized spacial score (nSPS) is 11.5. The van der Waals surface area contributed by atoms with Gasteiger partial charge in [0.2, 0.25) is 0 Å². The second-order valence-electron chi connectivity index (χ2n) is 8.85. The molecule has 2 N–H and O–H groups in total. The number of carbonyl (C=O) groups excluding carboxylic acids is 2. The van der Waals surface area contributed by atoms with Crippen LogP contribution in [-0.4, -0.2) is 55.3 Å². The number of nitrogens with zero attached hydrogens (tertiary/aromatic N) is 1. The predicted octanol–water partition coefficient (Wildman–Crippen LogP) is 2.71. The van der Waals surface area contributed by atoms with Crippen LogP contribution in [0.4, 0.5) is 5.69 Å². The van der Waals surface area contributed by atoms with E-state index in [4.69, 9.17) is 19.3 Å². The van der Waals surface area contributed by atoms with E-state index in [9.17, 15) is 18.0 Å². The molecular weight excluding hydrogens is 492 g/mol. The van der Waals surface area contributed by atoms with Crippen molar-refractivity contribution in [2.75, 3.05) is 31.2 Å². The molecular formula is C23H32N2O8SSi. The highest BCUT2D eigenvalue weighted by molar-refractivity contribution is 7.90. The Morgan fingerprint density at radius 2 is 1.69 bits per heavy atom. The van der Waals surface area contributed by atoms with Crippen molar-refractivity contribution in [1.82, 2.24) is 0 Å². The van der Waals surface area contributed by atoms with Crippen molar-refractivity contribution in [3.8, 4) is 11.5 Å². The highest BCUT2D eigenvalue weighted by Crippen LogP contribution is 2.34. The lowest BCUT2D eigenvalue weighted by Gasteiger charge is -2.23. The smallest absolute Gasteiger partial charge is 0.344 e. The quantitative estimate of drug-likeness (QED) is 0.312. The second kappa shape index (κ2) is 12.6. The molecule has 0 aliphatic rings. The minimum atomic E-state index is -4.35. The van der Waals surface area contributed by atoms with Gasteiger partial charge in [0.25, 0.3) is 10.2 Å². The van der Waals surface area contributed by atoms with Crippen LogP contribution < -0.4 is 18.9 Å². The number of esters is 2. The fourth-order valence-electron chi connectivity index (χ4n) is 2.79. The van der Waals surface area contributed by atoms with Crippen molar-refractivity contribution < 1.29 is 37.0 Å². The summed E-state index contributed by atoms with van der Waals surface area (Å²) in [6.45, 7) is 6.00. The first-order valence-electron chi connectivity index (χ1n) is 10.9. The molecule has 0 fully saturated rings. The van der Waals surface area contributed by atoms with Crippen LogP contribution in [-0.2, 0) is 35.9 Å². The van der Waals surface area contributed by atoms with E-state index in [0.29, 0.717) is 10.9 Å². The number of hydrogen-bond donors (Lipinski definition) is 1. The van der Waals surface area contributed by atoms with E-state index >= 15 is 0 Å². The molecule has 0 atom stereocenters. The van der Waals surface area contributed by atoms with Crippen LogP contribution in [0.25, 0.3) is 0 Å². The number of methoxy groups -OCH3 is 1. The molecule has 0 aromatic heterocycles. The van der Waals surface area contributed by atoms with Crippen molar-refractivity contribution in [2.45, 2.75) is 32.3 Å². The zero-order chi connectivity index (χ0) is 26.1. The first-order chi connectivity index (χ1) is 16.4. The van der Waals surface area contributed by atoms with Gasteiger partial charge in [0, 0.05) is 14.1 Å². The first kappa shape index (κ1) is 28.1. The van der Waals surface area contributed by atoms with E-state index < -0.39 is 36.8 Å². The lowest BCUT2D eigenvalue weighted by atomic mass is 10.2. The van der Waals surface area contributed by atoms with E-state index in [-0.39, 0.29) is 30.4 Å². The van der Waals surface area contributed by atoms with Crippen LogP contribution in [0.5, 0.6) is 11.5 Å². The van der Waals surface area contributed by atoms with Gasteiger partial charge in [-0.3, -0.25) is 4.79 Å². The summed E-state index contributed by atoms with van der Waals surface area (Å²) in [7, 11) is -4.55. The summed E-state index contributed by atoms with van der Waals surface area (Å²) in [6, 6.07) is 14.3. The number of rotatable bonds is 13. The topological polar surface area (TPSA) is 134 Å². The van der Waals surface area contributed by atoms with Crippen LogP contribution in [0.2, 0.25) is 25.7 Å². The summed E-state index contributed by atoms with van der Waals surface area (Å²) < 4.78 is 46.3. The molecule has 0 spiro atoms. The molecule has 0 heterocycles. The Hall–Kier alpha value is -3.09. The average Bonchev–Trinajstić information content (AvgIpc) is 2.79. The second-order valence-corrected chi connectivity index (χ2v) is 15.9. The number of ether oxygens (including phenoxy) is 4. The van der Waals surface area contributed by atoms with Gasteiger partial charge >= 0.3 is 11.9 Å². The summed E-state index contributed by atoms with van der Waals surface area (Å²) >= 11 is 0. The van der Waals surface area contributed by atoms with Crippen LogP contribution in [0.15, 0.2) is 48.5 Å². The van der Waals surface area contributed by atoms with Gasteiger partial charge in [-0.2, -0.15) is 8.42 Å². The van der Waals surface area contributed by atoms with Gasteiger partial charge in [0.15, 0.2) is 6.61 Å². The van der Waals surface area contributed by atoms with E-state index in [2.05, 4.69) is 24.4 Å². The molecule has 10 nitrogen and oxygen atoms in total. The average molecular weight is 525 g/mol. The van der Waals surface area contributed by atoms with Gasteiger partial charge in [0.1, 0.15) is 24.7 Å². The lowest BCUT2D eigenvalue weighted by molar-refractivity contribution is -0.145. The molecule has 12 heteroatoms. The number of benzene rings is 2. The van der Waals surface area contributed by atoms with Crippen LogP contribution in [0, 0.1) is 0 Å². The van der Waals surface area contributed by atoms with Crippen molar-refractivity contribution in [1.29, 1.82) is 0 Å². The Balaban J connectivity index is 2.24. The minimum Gasteiger partial charge on any atom is -0.487 e. The van der Waals surface area contributed by atoms with Crippen molar-refractivity contribution in [3.05, 3.63) is 54.1 Å². The third-order valence-electron chi connectivity index (χ3n) is 4.72. The summed E-state index contributed by atoms with van der Waals surface area (Å²) in [5.74, 6) is -1.01. The standard InChI is InChI=1S/C23H32N2O8SSi/c1-30-22(26)15-25(34(24,28)29)20-11-10-19(32-17-23(27)31-12-13-35(2,3)4)14-21(20)33-16-18-8-6-5-7-9-18/h5-11,14H,12-13,15-17H2,1-4H3,(H2,24,28,29). The largest absolute Gasteiger partial charge is 0.487 e. The number of anilines is 1. The molecule has 192 valence electrons. The highest BCUT2D eigenvalue weighted by Gasteiger charge is 2.26. The predicted molar refractivity (Wildman–Crippen MR) is 134 cm³/mol. The monoisotopic (exact) mass is 524 g/mol. The van der Waals surface area contributed by atoms with Gasteiger partial charge in [0.05, 0.1) is 19.4 Å². The van der Waals surface area contributed by atoms with Gasteiger partial charge < -0.3 is 18.9 Å². The summed E-state index contributed by atoms with van der Waals surface area (Å²) in [4.78, 5) is 23.9. The van der Waals surface area contributed by atoms with E-state index in [1.807, 2.05) is 30.3 Å². The fourth-order valence-corrected chi connectivity index (χ4v) is 4.21. The maximum Gasteiger partial charge on any atom is 0.344 e. The SMILES string of the molecule is COC(=O)CN(c1ccc(OCC(=O)OCC[Si](C)(C)C)cc1OCc1ccccc1)S(N)(=O)=O. The summed E-state index contributed by atoms with van der Waals surface area (Å²) in [6.07, 6.45) is 0. The molecule has 0 bridgehead atoms. The Morgan fingerprint density at radius 3 is 2.29 bits per heavy atom. The van der Waals surface area contributed by atoms with Gasteiger partial charge in [-0.05, 0) is 23.7 Å². The molecule has 0 radical (unpaired) electrons. The molecule has 2 aromatic carbocycles. The number of nitrogens with two attached hydrogens (primary N) is 1. The van der Waals surface area contributed by atoms with Gasteiger partial charge in [-0.25, -0.2) is 14.2 Å². The summed E-state index contributed by atoms with van der Waals surface area (Å²) in [5, 5.41) is 5.35. The van der Waals surface area contributed by atoms with Crippen LogP contribution in [0.3, 0.4) is 0 Å². The number of hydrogen-bond acceptors (Lipinski definition) is 8. The molecule has 2 aromatic rings. The van der Waals surface area contributed by atoms with Crippen molar-refractivity contribution >= 4 is 35.9 Å². The number of carbonyl (C=O) groups is 2. The Bertz CT molecular complexity index is 1100. The lowest BCUT2D eigenvalue weighted by Crippen LogP contribution is -2.41. The molecule has 0 unspecified atom stereocenters. The maximum atomic E-state index is 12.2. The van der Waals surface area contributed by atoms with Crippen molar-refractivity contribution in [3.63, 3.8) is 0 Å². The van der Waals surface area contributed by atoms with Crippen LogP contribution >= 0.6 is 0 Å². The van der Waals surface area contributed by atoms with Gasteiger partial charge in [-0.15, -0.1) is 0 Å². The Labute approximate surface area is 207 Å². The zero-order valence-electron chi connectivity index (χ0n) is 20.4. The first-order valence-corrected chi connectivity index (χ1v) is 16.1. The maximum absolute atomic E-state index is 12.2. The molecule has 35 heavy (non-hydrogen) atoms. The van der Waals surface area contributed by atoms with E-state index in [0.717, 1.165) is 18.7 Å². The Morgan fingerprint density at radius 1 is 1.00 bits per heavy atom. The van der Waals surface area contributed by atoms with E-state index in [1.54, 1.807) is 0 Å². The van der Waals surface area contributed by atoms with E-state index in [1.165, 1.54) is 18.2 Å². The molecule has 0 saturated carbocycles. The third-order valence-corrected chi connectivity index (χ3v) is 7.36. The molecule has 0 aliphatic carbocycles. The third kappa shape index (κ3) is 9.97. The zero-order valence-corrected chi connectivity index (χ0v) is 22.2. The molecule has 0 saturated heterocycles.